The van der Waals surface area contributed by atoms with Gasteiger partial charge in [-0.05, 0) is 35.4 Å². The summed E-state index contributed by atoms with van der Waals surface area (Å²) in [7, 11) is 0. The third-order valence-electron chi connectivity index (χ3n) is 4.91. The number of hydrogen-bond acceptors (Lipinski definition) is 5. The van der Waals surface area contributed by atoms with Crippen LogP contribution in [0.3, 0.4) is 0 Å². The molecule has 0 saturated carbocycles. The summed E-state index contributed by atoms with van der Waals surface area (Å²) < 4.78 is 0. The third kappa shape index (κ3) is 4.91. The van der Waals surface area contributed by atoms with E-state index in [4.69, 9.17) is 4.98 Å². The molecule has 1 aromatic heterocycles. The molecule has 2 aromatic carbocycles. The van der Waals surface area contributed by atoms with Crippen LogP contribution in [-0.2, 0) is 10.2 Å². The van der Waals surface area contributed by atoms with Crippen molar-refractivity contribution < 1.29 is 9.90 Å². The highest BCUT2D eigenvalue weighted by Gasteiger charge is 2.17. The molecule has 0 radical (unpaired) electrons. The minimum atomic E-state index is -1.13. The second kappa shape index (κ2) is 8.19. The van der Waals surface area contributed by atoms with Gasteiger partial charge in [-0.15, -0.1) is 0 Å². The van der Waals surface area contributed by atoms with Gasteiger partial charge in [0.25, 0.3) is 0 Å². The number of nitrogens with one attached hydrogen (secondary N) is 1. The van der Waals surface area contributed by atoms with Crippen LogP contribution in [0.4, 0.5) is 5.82 Å². The molecule has 0 saturated heterocycles. The number of carboxylic acids is 1. The predicted molar refractivity (Wildman–Crippen MR) is 116 cm³/mol. The van der Waals surface area contributed by atoms with Gasteiger partial charge in [0, 0.05) is 10.9 Å². The maximum absolute atomic E-state index is 11.6. The van der Waals surface area contributed by atoms with Crippen molar-refractivity contribution in [3.8, 4) is 11.4 Å². The molecule has 29 heavy (non-hydrogen) atoms. The molecule has 5 heteroatoms. The van der Waals surface area contributed by atoms with Crippen molar-refractivity contribution in [2.45, 2.75) is 52.5 Å². The minimum absolute atomic E-state index is 0.0635. The Balaban J connectivity index is 2.05. The molecular formula is C24H28N3O2-. The Bertz CT molecular complexity index is 1000. The molecule has 0 fully saturated rings. The highest BCUT2D eigenvalue weighted by molar-refractivity contribution is 5.92. The number of anilines is 1. The average Bonchev–Trinajstić information content (AvgIpc) is 2.66. The van der Waals surface area contributed by atoms with Crippen molar-refractivity contribution in [1.82, 2.24) is 9.97 Å². The summed E-state index contributed by atoms with van der Waals surface area (Å²) in [6, 6.07) is 15.0. The Kier molecular flexibility index (Phi) is 5.87. The van der Waals surface area contributed by atoms with Crippen LogP contribution in [0.2, 0.25) is 0 Å². The van der Waals surface area contributed by atoms with Crippen LogP contribution in [-0.4, -0.2) is 22.0 Å². The van der Waals surface area contributed by atoms with Gasteiger partial charge in [0.15, 0.2) is 5.82 Å². The number of carboxylic acid groups (broad SMARTS) is 1. The second-order valence-electron chi connectivity index (χ2n) is 8.89. The van der Waals surface area contributed by atoms with E-state index in [0.29, 0.717) is 18.1 Å². The van der Waals surface area contributed by atoms with Crippen LogP contribution in [0, 0.1) is 5.92 Å². The van der Waals surface area contributed by atoms with Gasteiger partial charge in [-0.3, -0.25) is 0 Å². The van der Waals surface area contributed by atoms with E-state index < -0.39 is 12.0 Å². The molecule has 0 aliphatic rings. The predicted octanol–water partition coefficient (Wildman–Crippen LogP) is 4.17. The lowest BCUT2D eigenvalue weighted by atomic mass is 9.87. The van der Waals surface area contributed by atoms with Crippen molar-refractivity contribution in [3.63, 3.8) is 0 Å². The molecular weight excluding hydrogens is 362 g/mol. The van der Waals surface area contributed by atoms with E-state index in [2.05, 4.69) is 43.2 Å². The van der Waals surface area contributed by atoms with Crippen LogP contribution in [0.15, 0.2) is 48.5 Å². The quantitative estimate of drug-likeness (QED) is 0.683. The summed E-state index contributed by atoms with van der Waals surface area (Å²) in [5, 5.41) is 15.5. The maximum Gasteiger partial charge on any atom is 0.162 e. The summed E-state index contributed by atoms with van der Waals surface area (Å²) in [6.45, 7) is 10.5. The third-order valence-corrected chi connectivity index (χ3v) is 4.91. The van der Waals surface area contributed by atoms with E-state index in [-0.39, 0.29) is 11.3 Å². The molecule has 1 heterocycles. The van der Waals surface area contributed by atoms with Gasteiger partial charge < -0.3 is 15.2 Å². The fourth-order valence-corrected chi connectivity index (χ4v) is 3.29. The van der Waals surface area contributed by atoms with Gasteiger partial charge in [0.2, 0.25) is 0 Å². The highest BCUT2D eigenvalue weighted by atomic mass is 16.4. The Labute approximate surface area is 172 Å². The lowest BCUT2D eigenvalue weighted by Gasteiger charge is -2.23. The lowest BCUT2D eigenvalue weighted by Crippen LogP contribution is -2.42. The molecule has 0 amide bonds. The van der Waals surface area contributed by atoms with Crippen LogP contribution < -0.4 is 10.4 Å². The first-order chi connectivity index (χ1) is 13.6. The molecule has 3 aromatic rings. The van der Waals surface area contributed by atoms with Crippen molar-refractivity contribution in [2.24, 2.45) is 5.92 Å². The first-order valence-electron chi connectivity index (χ1n) is 10.00. The Morgan fingerprint density at radius 3 is 2.28 bits per heavy atom. The zero-order valence-corrected chi connectivity index (χ0v) is 17.7. The summed E-state index contributed by atoms with van der Waals surface area (Å²) in [4.78, 5) is 21.0. The van der Waals surface area contributed by atoms with E-state index in [0.717, 1.165) is 16.5 Å². The topological polar surface area (TPSA) is 77.9 Å². The molecule has 1 N–H and O–H groups in total. The SMILES string of the molecule is CC(C)C[C@H](Nc1nc(-c2ccc(C(C)(C)C)cc2)nc2ccccc12)C(=O)[O-]. The molecule has 3 rings (SSSR count). The number of aliphatic carboxylic acids is 1. The van der Waals surface area contributed by atoms with Crippen molar-refractivity contribution >= 4 is 22.7 Å². The number of aromatic nitrogens is 2. The summed E-state index contributed by atoms with van der Waals surface area (Å²) in [6.07, 6.45) is 0.455. The van der Waals surface area contributed by atoms with Crippen LogP contribution in [0.25, 0.3) is 22.3 Å². The monoisotopic (exact) mass is 390 g/mol. The number of carbonyl (C=O) groups is 1. The van der Waals surface area contributed by atoms with Crippen molar-refractivity contribution in [1.29, 1.82) is 0 Å². The number of nitrogens with zero attached hydrogens (tertiary/aromatic N) is 2. The molecule has 0 bridgehead atoms. The molecule has 0 unspecified atom stereocenters. The normalized spacial score (nSPS) is 12.9. The van der Waals surface area contributed by atoms with Crippen molar-refractivity contribution in [3.05, 3.63) is 54.1 Å². The van der Waals surface area contributed by atoms with Gasteiger partial charge in [-0.25, -0.2) is 9.97 Å². The first kappa shape index (κ1) is 20.8. The fourth-order valence-electron chi connectivity index (χ4n) is 3.29. The lowest BCUT2D eigenvalue weighted by molar-refractivity contribution is -0.307. The molecule has 0 spiro atoms. The fraction of sp³-hybridized carbons (Fsp3) is 0.375. The zero-order chi connectivity index (χ0) is 21.2. The van der Waals surface area contributed by atoms with Crippen LogP contribution in [0.5, 0.6) is 0 Å². The van der Waals surface area contributed by atoms with E-state index in [9.17, 15) is 9.90 Å². The van der Waals surface area contributed by atoms with E-state index in [1.165, 1.54) is 5.56 Å². The molecule has 0 aliphatic carbocycles. The van der Waals surface area contributed by atoms with Crippen LogP contribution >= 0.6 is 0 Å². The number of fused-ring (bicyclic) bond motifs is 1. The standard InChI is InChI=1S/C24H29N3O2/c1-15(2)14-20(23(28)29)26-22-18-8-6-7-9-19(18)25-21(27-22)16-10-12-17(13-11-16)24(3,4)5/h6-13,15,20H,14H2,1-5H3,(H,28,29)(H,25,26,27)/p-1/t20-/m0/s1. The van der Waals surface area contributed by atoms with E-state index in [1.807, 2.05) is 50.2 Å². The maximum atomic E-state index is 11.6. The number of benzene rings is 2. The largest absolute Gasteiger partial charge is 0.548 e. The average molecular weight is 391 g/mol. The molecule has 5 nitrogen and oxygen atoms in total. The van der Waals surface area contributed by atoms with E-state index >= 15 is 0 Å². The van der Waals surface area contributed by atoms with Gasteiger partial charge in [-0.1, -0.05) is 71.0 Å². The zero-order valence-electron chi connectivity index (χ0n) is 17.7. The number of hydrogen-bond donors (Lipinski definition) is 1. The van der Waals surface area contributed by atoms with Gasteiger partial charge in [-0.2, -0.15) is 0 Å². The second-order valence-corrected chi connectivity index (χ2v) is 8.89. The number of rotatable bonds is 6. The molecule has 152 valence electrons. The van der Waals surface area contributed by atoms with E-state index in [1.54, 1.807) is 0 Å². The summed E-state index contributed by atoms with van der Waals surface area (Å²) in [5.74, 6) is 0.161. The molecule has 0 aliphatic heterocycles. The molecule has 1 atom stereocenters. The number of carbonyl (C=O) groups excluding carboxylic acids is 1. The Hall–Kier alpha value is -2.95. The number of para-hydroxylation sites is 1. The van der Waals surface area contributed by atoms with Gasteiger partial charge in [0.05, 0.1) is 17.5 Å². The van der Waals surface area contributed by atoms with Gasteiger partial charge >= 0.3 is 0 Å². The minimum Gasteiger partial charge on any atom is -0.548 e. The van der Waals surface area contributed by atoms with Crippen LogP contribution in [0.1, 0.15) is 46.6 Å². The van der Waals surface area contributed by atoms with Crippen molar-refractivity contribution in [2.75, 3.05) is 5.32 Å². The Morgan fingerprint density at radius 2 is 1.69 bits per heavy atom. The summed E-state index contributed by atoms with van der Waals surface area (Å²) >= 11 is 0. The highest BCUT2D eigenvalue weighted by Crippen LogP contribution is 2.28. The summed E-state index contributed by atoms with van der Waals surface area (Å²) in [5.41, 5.74) is 2.95. The van der Waals surface area contributed by atoms with Gasteiger partial charge in [0.1, 0.15) is 5.82 Å². The Morgan fingerprint density at radius 1 is 1.03 bits per heavy atom. The smallest absolute Gasteiger partial charge is 0.162 e. The first-order valence-corrected chi connectivity index (χ1v) is 10.00.